The summed E-state index contributed by atoms with van der Waals surface area (Å²) >= 11 is 0. The number of hydrogen-bond donors (Lipinski definition) is 3. The van der Waals surface area contributed by atoms with E-state index in [4.69, 9.17) is 10.8 Å². The number of nitrogens with zero attached hydrogens (tertiary/aromatic N) is 3. The van der Waals surface area contributed by atoms with Crippen LogP contribution >= 0.6 is 0 Å². The maximum atomic E-state index is 15.2. The zero-order chi connectivity index (χ0) is 27.0. The first-order valence-electron chi connectivity index (χ1n) is 11.5. The molecule has 11 heteroatoms. The smallest absolute Gasteiger partial charge is 0.334 e. The van der Waals surface area contributed by atoms with E-state index in [1.54, 1.807) is 30.1 Å². The molecule has 0 aliphatic carbocycles. The lowest BCUT2D eigenvalue weighted by molar-refractivity contribution is -0.136. The van der Waals surface area contributed by atoms with E-state index in [-0.39, 0.29) is 41.2 Å². The third kappa shape index (κ3) is 4.67. The monoisotopic (exact) mass is 509 g/mol. The van der Waals surface area contributed by atoms with E-state index in [0.29, 0.717) is 16.9 Å². The van der Waals surface area contributed by atoms with E-state index in [1.165, 1.54) is 12.1 Å². The van der Waals surface area contributed by atoms with Crippen molar-refractivity contribution in [1.29, 1.82) is 0 Å². The van der Waals surface area contributed by atoms with Gasteiger partial charge in [-0.3, -0.25) is 14.6 Å². The minimum Gasteiger partial charge on any atom is -0.481 e. The lowest BCUT2D eigenvalue weighted by Gasteiger charge is -2.26. The third-order valence-electron chi connectivity index (χ3n) is 6.08. The highest BCUT2D eigenvalue weighted by atomic mass is 19.1. The van der Waals surface area contributed by atoms with Gasteiger partial charge >= 0.3 is 11.7 Å². The molecule has 0 unspecified atom stereocenters. The molecular weight excluding hydrogens is 484 g/mol. The van der Waals surface area contributed by atoms with Crippen LogP contribution in [0, 0.1) is 11.6 Å². The Kier molecular flexibility index (Phi) is 6.80. The number of nitrogens with one attached hydrogen (secondary N) is 1. The fourth-order valence-corrected chi connectivity index (χ4v) is 4.26. The number of carboxylic acid groups (broad SMARTS) is 1. The first-order valence-corrected chi connectivity index (χ1v) is 11.5. The molecule has 4 N–H and O–H groups in total. The predicted octanol–water partition coefficient (Wildman–Crippen LogP) is 3.64. The summed E-state index contributed by atoms with van der Waals surface area (Å²) in [4.78, 5) is 45.3. The van der Waals surface area contributed by atoms with Gasteiger partial charge in [0.25, 0.3) is 5.56 Å². The van der Waals surface area contributed by atoms with Crippen LogP contribution < -0.4 is 21.9 Å². The number of nitrogen functional groups attached to an aromatic ring is 1. The van der Waals surface area contributed by atoms with Crippen molar-refractivity contribution < 1.29 is 18.7 Å². The van der Waals surface area contributed by atoms with Crippen LogP contribution in [0.5, 0.6) is 0 Å². The summed E-state index contributed by atoms with van der Waals surface area (Å²) in [5.41, 5.74) is 4.71. The Morgan fingerprint density at radius 2 is 1.86 bits per heavy atom. The number of carboxylic acids is 1. The number of aliphatic carboxylic acids is 1. The van der Waals surface area contributed by atoms with E-state index in [9.17, 15) is 18.8 Å². The van der Waals surface area contributed by atoms with Crippen molar-refractivity contribution >= 4 is 28.4 Å². The number of benzene rings is 2. The van der Waals surface area contributed by atoms with Gasteiger partial charge in [0.1, 0.15) is 11.5 Å². The van der Waals surface area contributed by atoms with E-state index in [2.05, 4.69) is 9.97 Å². The molecule has 0 amide bonds. The number of para-hydroxylation sites is 1. The second kappa shape index (κ2) is 9.84. The van der Waals surface area contributed by atoms with Gasteiger partial charge in [-0.05, 0) is 35.7 Å². The van der Waals surface area contributed by atoms with Crippen molar-refractivity contribution in [3.63, 3.8) is 0 Å². The molecular formula is C26H25F2N5O4. The number of halogens is 2. The zero-order valence-corrected chi connectivity index (χ0v) is 20.4. The Morgan fingerprint density at radius 3 is 2.51 bits per heavy atom. The van der Waals surface area contributed by atoms with Gasteiger partial charge in [0.2, 0.25) is 0 Å². The molecule has 4 aromatic rings. The number of aromatic nitrogens is 3. The molecule has 0 radical (unpaired) electrons. The van der Waals surface area contributed by atoms with Crippen molar-refractivity contribution in [3.05, 3.63) is 80.5 Å². The van der Waals surface area contributed by atoms with Gasteiger partial charge in [0.05, 0.1) is 28.7 Å². The minimum absolute atomic E-state index is 0.0684. The third-order valence-corrected chi connectivity index (χ3v) is 6.08. The van der Waals surface area contributed by atoms with E-state index in [0.717, 1.165) is 16.7 Å². The van der Waals surface area contributed by atoms with Crippen LogP contribution in [0.3, 0.4) is 0 Å². The summed E-state index contributed by atoms with van der Waals surface area (Å²) in [5.74, 6) is -2.92. The quantitative estimate of drug-likeness (QED) is 0.324. The lowest BCUT2D eigenvalue weighted by atomic mass is 9.99. The second-order valence-corrected chi connectivity index (χ2v) is 8.92. The number of carbonyl (C=O) groups is 1. The summed E-state index contributed by atoms with van der Waals surface area (Å²) in [7, 11) is 1.67. The van der Waals surface area contributed by atoms with Crippen LogP contribution in [0.4, 0.5) is 20.2 Å². The van der Waals surface area contributed by atoms with Gasteiger partial charge in [-0.1, -0.05) is 32.0 Å². The summed E-state index contributed by atoms with van der Waals surface area (Å²) in [5, 5.41) is 8.93. The first-order chi connectivity index (χ1) is 17.5. The van der Waals surface area contributed by atoms with Crippen LogP contribution in [-0.2, 0) is 4.79 Å². The number of H-pyrrole nitrogens is 1. The van der Waals surface area contributed by atoms with E-state index < -0.39 is 34.5 Å². The molecule has 37 heavy (non-hydrogen) atoms. The number of fused-ring (bicyclic) bond motifs is 1. The molecule has 0 bridgehead atoms. The van der Waals surface area contributed by atoms with Crippen molar-refractivity contribution in [2.45, 2.75) is 26.2 Å². The second-order valence-electron chi connectivity index (χ2n) is 8.92. The fourth-order valence-electron chi connectivity index (χ4n) is 4.26. The Bertz CT molecular complexity index is 1620. The maximum absolute atomic E-state index is 15.2. The zero-order valence-electron chi connectivity index (χ0n) is 20.4. The van der Waals surface area contributed by atoms with E-state index in [1.807, 2.05) is 13.8 Å². The summed E-state index contributed by atoms with van der Waals surface area (Å²) in [6.07, 6.45) is -0.163. The molecule has 2 aromatic heterocycles. The van der Waals surface area contributed by atoms with Crippen molar-refractivity contribution in [1.82, 2.24) is 14.5 Å². The fraction of sp³-hybridized carbons (Fsp3) is 0.231. The van der Waals surface area contributed by atoms with Gasteiger partial charge in [-0.15, -0.1) is 0 Å². The number of aromatic amines is 1. The van der Waals surface area contributed by atoms with Crippen LogP contribution in [0.1, 0.15) is 31.7 Å². The van der Waals surface area contributed by atoms with Gasteiger partial charge in [-0.25, -0.2) is 23.1 Å². The minimum atomic E-state index is -0.996. The summed E-state index contributed by atoms with van der Waals surface area (Å²) in [6.45, 7) is 3.92. The van der Waals surface area contributed by atoms with Gasteiger partial charge < -0.3 is 15.7 Å². The van der Waals surface area contributed by atoms with Gasteiger partial charge in [0.15, 0.2) is 11.5 Å². The maximum Gasteiger partial charge on any atom is 0.334 e. The van der Waals surface area contributed by atoms with Gasteiger partial charge in [0, 0.05) is 19.3 Å². The van der Waals surface area contributed by atoms with Crippen LogP contribution in [0.25, 0.3) is 28.0 Å². The molecule has 9 nitrogen and oxygen atoms in total. The highest BCUT2D eigenvalue weighted by molar-refractivity contribution is 5.84. The Balaban J connectivity index is 2.13. The number of pyridine rings is 1. The molecule has 0 atom stereocenters. The van der Waals surface area contributed by atoms with Crippen LogP contribution in [0.2, 0.25) is 0 Å². The Hall–Kier alpha value is -4.54. The standard InChI is InChI=1S/C26H25F2N5O4/c1-13(2)14-6-4-9-19(32(3)11-10-20(34)35)23(14)33-24-15(25(36)31-26(33)37)12-17(28)22(30-24)21-16(27)7-5-8-18(21)29/h4-9,12-13H,10-11,29H2,1-3H3,(H,34,35)(H,31,36,37). The molecule has 0 fully saturated rings. The molecule has 192 valence electrons. The molecule has 0 saturated heterocycles. The largest absolute Gasteiger partial charge is 0.481 e. The molecule has 0 aliphatic heterocycles. The Labute approximate surface area is 209 Å². The lowest BCUT2D eigenvalue weighted by Crippen LogP contribution is -2.32. The highest BCUT2D eigenvalue weighted by Crippen LogP contribution is 2.34. The topological polar surface area (TPSA) is 134 Å². The molecule has 2 aromatic carbocycles. The highest BCUT2D eigenvalue weighted by Gasteiger charge is 2.24. The normalized spacial score (nSPS) is 11.3. The average molecular weight is 510 g/mol. The van der Waals surface area contributed by atoms with Crippen molar-refractivity contribution in [2.24, 2.45) is 0 Å². The number of rotatable bonds is 7. The predicted molar refractivity (Wildman–Crippen MR) is 137 cm³/mol. The SMILES string of the molecule is CC(C)c1cccc(N(C)CCC(=O)O)c1-n1c(=O)[nH]c(=O)c2cc(F)c(-c3c(N)cccc3F)nc21. The van der Waals surface area contributed by atoms with Crippen molar-refractivity contribution in [2.75, 3.05) is 24.2 Å². The summed E-state index contributed by atoms with van der Waals surface area (Å²) < 4.78 is 31.0. The van der Waals surface area contributed by atoms with Gasteiger partial charge in [-0.2, -0.15) is 0 Å². The molecule has 0 aliphatic rings. The number of hydrogen-bond acceptors (Lipinski definition) is 6. The van der Waals surface area contributed by atoms with Crippen LogP contribution in [-0.4, -0.2) is 39.2 Å². The Morgan fingerprint density at radius 1 is 1.16 bits per heavy atom. The average Bonchev–Trinajstić information content (AvgIpc) is 2.83. The molecule has 4 rings (SSSR count). The number of nitrogens with two attached hydrogens (primary N) is 1. The first kappa shape index (κ1) is 25.5. The summed E-state index contributed by atoms with van der Waals surface area (Å²) in [6, 6.07) is 10.0. The number of anilines is 2. The van der Waals surface area contributed by atoms with Crippen molar-refractivity contribution in [3.8, 4) is 16.9 Å². The molecule has 2 heterocycles. The molecule has 0 saturated carbocycles. The van der Waals surface area contributed by atoms with E-state index >= 15 is 4.39 Å². The van der Waals surface area contributed by atoms with Crippen LogP contribution in [0.15, 0.2) is 52.1 Å². The molecule has 0 spiro atoms.